The highest BCUT2D eigenvalue weighted by Crippen LogP contribution is 2.20. The summed E-state index contributed by atoms with van der Waals surface area (Å²) >= 11 is 11.9. The zero-order valence-electron chi connectivity index (χ0n) is 13.3. The molecule has 5 nitrogen and oxygen atoms in total. The molecule has 0 bridgehead atoms. The monoisotopic (exact) mass is 362 g/mol. The summed E-state index contributed by atoms with van der Waals surface area (Å²) in [7, 11) is 1.70. The van der Waals surface area contributed by atoms with E-state index in [4.69, 9.17) is 23.2 Å². The summed E-state index contributed by atoms with van der Waals surface area (Å²) in [5, 5.41) is 0.511. The zero-order valence-corrected chi connectivity index (χ0v) is 14.8. The van der Waals surface area contributed by atoms with Gasteiger partial charge in [0.15, 0.2) is 0 Å². The maximum absolute atomic E-state index is 12.6. The zero-order chi connectivity index (χ0) is 17.3. The van der Waals surface area contributed by atoms with E-state index in [1.54, 1.807) is 19.2 Å². The van der Waals surface area contributed by atoms with Gasteiger partial charge >= 0.3 is 0 Å². The SMILES string of the molecule is CCn1c(CN(C)C(=O)c2nc(Cl)ccc2Cl)nc2ccccc21. The molecular formula is C17H16Cl2N4O. The number of hydrogen-bond acceptors (Lipinski definition) is 3. The van der Waals surface area contributed by atoms with Crippen molar-refractivity contribution in [3.05, 3.63) is 58.1 Å². The molecule has 24 heavy (non-hydrogen) atoms. The van der Waals surface area contributed by atoms with Gasteiger partial charge in [-0.2, -0.15) is 0 Å². The smallest absolute Gasteiger partial charge is 0.274 e. The van der Waals surface area contributed by atoms with Crippen molar-refractivity contribution in [3.8, 4) is 0 Å². The van der Waals surface area contributed by atoms with Gasteiger partial charge in [0, 0.05) is 13.6 Å². The molecule has 0 aliphatic heterocycles. The van der Waals surface area contributed by atoms with Gasteiger partial charge in [-0.05, 0) is 31.2 Å². The third kappa shape index (κ3) is 3.09. The maximum atomic E-state index is 12.6. The van der Waals surface area contributed by atoms with Gasteiger partial charge in [-0.25, -0.2) is 9.97 Å². The lowest BCUT2D eigenvalue weighted by Gasteiger charge is -2.17. The Bertz CT molecular complexity index is 907. The van der Waals surface area contributed by atoms with Gasteiger partial charge in [0.25, 0.3) is 5.91 Å². The molecule has 0 radical (unpaired) electrons. The van der Waals surface area contributed by atoms with Crippen molar-refractivity contribution in [1.29, 1.82) is 0 Å². The highest BCUT2D eigenvalue weighted by molar-refractivity contribution is 6.34. The molecule has 0 saturated heterocycles. The molecule has 0 saturated carbocycles. The van der Waals surface area contributed by atoms with E-state index < -0.39 is 0 Å². The van der Waals surface area contributed by atoms with E-state index in [1.165, 1.54) is 4.90 Å². The first-order chi connectivity index (χ1) is 11.5. The molecular weight excluding hydrogens is 347 g/mol. The lowest BCUT2D eigenvalue weighted by atomic mass is 10.3. The number of benzene rings is 1. The number of imidazole rings is 1. The Morgan fingerprint density at radius 2 is 1.92 bits per heavy atom. The summed E-state index contributed by atoms with van der Waals surface area (Å²) in [4.78, 5) is 22.8. The summed E-state index contributed by atoms with van der Waals surface area (Å²) in [5.41, 5.74) is 2.11. The predicted molar refractivity (Wildman–Crippen MR) is 95.5 cm³/mol. The molecule has 0 spiro atoms. The van der Waals surface area contributed by atoms with E-state index in [1.807, 2.05) is 24.3 Å². The van der Waals surface area contributed by atoms with E-state index in [9.17, 15) is 4.79 Å². The highest BCUT2D eigenvalue weighted by Gasteiger charge is 2.20. The topological polar surface area (TPSA) is 51.0 Å². The van der Waals surface area contributed by atoms with Crippen molar-refractivity contribution < 1.29 is 4.79 Å². The molecule has 124 valence electrons. The average Bonchev–Trinajstić information content (AvgIpc) is 2.93. The molecule has 1 aromatic carbocycles. The van der Waals surface area contributed by atoms with Gasteiger partial charge < -0.3 is 9.47 Å². The minimum Gasteiger partial charge on any atom is -0.333 e. The second-order valence-corrected chi connectivity index (χ2v) is 6.18. The molecule has 3 rings (SSSR count). The Hall–Kier alpha value is -2.11. The molecule has 2 heterocycles. The van der Waals surface area contributed by atoms with Crippen LogP contribution in [0.15, 0.2) is 36.4 Å². The van der Waals surface area contributed by atoms with Crippen molar-refractivity contribution in [3.63, 3.8) is 0 Å². The van der Waals surface area contributed by atoms with Gasteiger partial charge in [-0.1, -0.05) is 35.3 Å². The van der Waals surface area contributed by atoms with Crippen LogP contribution >= 0.6 is 23.2 Å². The number of para-hydroxylation sites is 2. The summed E-state index contributed by atoms with van der Waals surface area (Å²) in [6.07, 6.45) is 0. The lowest BCUT2D eigenvalue weighted by molar-refractivity contribution is 0.0774. The number of rotatable bonds is 4. The molecule has 0 aliphatic rings. The molecule has 0 atom stereocenters. The van der Waals surface area contributed by atoms with Crippen LogP contribution in [0.2, 0.25) is 10.2 Å². The summed E-state index contributed by atoms with van der Waals surface area (Å²) in [6.45, 7) is 3.18. The second-order valence-electron chi connectivity index (χ2n) is 5.39. The highest BCUT2D eigenvalue weighted by atomic mass is 35.5. The second kappa shape index (κ2) is 6.79. The molecule has 0 unspecified atom stereocenters. The Morgan fingerprint density at radius 3 is 2.67 bits per heavy atom. The number of carbonyl (C=O) groups is 1. The number of aromatic nitrogens is 3. The first-order valence-corrected chi connectivity index (χ1v) is 8.28. The normalized spacial score (nSPS) is 11.0. The van der Waals surface area contributed by atoms with Crippen LogP contribution in [0.25, 0.3) is 11.0 Å². The maximum Gasteiger partial charge on any atom is 0.274 e. The van der Waals surface area contributed by atoms with Gasteiger partial charge in [-0.15, -0.1) is 0 Å². The molecule has 0 fully saturated rings. The third-order valence-corrected chi connectivity index (χ3v) is 4.31. The van der Waals surface area contributed by atoms with Crippen molar-refractivity contribution in [2.24, 2.45) is 0 Å². The number of nitrogens with zero attached hydrogens (tertiary/aromatic N) is 4. The molecule has 1 amide bonds. The minimum absolute atomic E-state index is 0.144. The van der Waals surface area contributed by atoms with Crippen LogP contribution < -0.4 is 0 Å². The Labute approximate surface area is 149 Å². The van der Waals surface area contributed by atoms with Gasteiger partial charge in [0.1, 0.15) is 16.7 Å². The number of carbonyl (C=O) groups excluding carboxylic acids is 1. The first kappa shape index (κ1) is 16.7. The van der Waals surface area contributed by atoms with Crippen molar-refractivity contribution in [2.75, 3.05) is 7.05 Å². The Balaban J connectivity index is 1.90. The lowest BCUT2D eigenvalue weighted by Crippen LogP contribution is -2.28. The van der Waals surface area contributed by atoms with Crippen LogP contribution in [0.1, 0.15) is 23.2 Å². The van der Waals surface area contributed by atoms with Crippen molar-refractivity contribution in [2.45, 2.75) is 20.0 Å². The fraction of sp³-hybridized carbons (Fsp3) is 0.235. The van der Waals surface area contributed by atoms with Crippen molar-refractivity contribution in [1.82, 2.24) is 19.4 Å². The molecule has 3 aromatic rings. The average molecular weight is 363 g/mol. The van der Waals surface area contributed by atoms with Crippen LogP contribution in [0.5, 0.6) is 0 Å². The predicted octanol–water partition coefficient (Wildman–Crippen LogP) is 4.03. The van der Waals surface area contributed by atoms with Crippen LogP contribution in [0.4, 0.5) is 0 Å². The molecule has 7 heteroatoms. The van der Waals surface area contributed by atoms with Crippen LogP contribution in [0.3, 0.4) is 0 Å². The quantitative estimate of drug-likeness (QED) is 0.658. The molecule has 0 aliphatic carbocycles. The van der Waals surface area contributed by atoms with E-state index in [-0.39, 0.29) is 21.8 Å². The largest absolute Gasteiger partial charge is 0.333 e. The summed E-state index contributed by atoms with van der Waals surface area (Å²) in [5.74, 6) is 0.518. The fourth-order valence-electron chi connectivity index (χ4n) is 2.63. The number of aryl methyl sites for hydroxylation is 1. The van der Waals surface area contributed by atoms with Gasteiger partial charge in [0.2, 0.25) is 0 Å². The number of hydrogen-bond donors (Lipinski definition) is 0. The Morgan fingerprint density at radius 1 is 1.17 bits per heavy atom. The summed E-state index contributed by atoms with van der Waals surface area (Å²) in [6, 6.07) is 11.0. The number of amides is 1. The number of halogens is 2. The number of pyridine rings is 1. The van der Waals surface area contributed by atoms with E-state index in [2.05, 4.69) is 21.5 Å². The fourth-order valence-corrected chi connectivity index (χ4v) is 2.97. The van der Waals surface area contributed by atoms with Crippen LogP contribution in [-0.4, -0.2) is 32.4 Å². The van der Waals surface area contributed by atoms with E-state index >= 15 is 0 Å². The van der Waals surface area contributed by atoms with Crippen molar-refractivity contribution >= 4 is 40.1 Å². The minimum atomic E-state index is -0.294. The summed E-state index contributed by atoms with van der Waals surface area (Å²) < 4.78 is 2.09. The molecule has 0 N–H and O–H groups in total. The van der Waals surface area contributed by atoms with E-state index in [0.29, 0.717) is 6.54 Å². The van der Waals surface area contributed by atoms with Gasteiger partial charge in [0.05, 0.1) is 22.6 Å². The first-order valence-electron chi connectivity index (χ1n) is 7.53. The van der Waals surface area contributed by atoms with Gasteiger partial charge in [-0.3, -0.25) is 4.79 Å². The Kier molecular flexibility index (Phi) is 4.73. The number of fused-ring (bicyclic) bond motifs is 1. The molecule has 2 aromatic heterocycles. The standard InChI is InChI=1S/C17H16Cl2N4O/c1-3-23-13-7-5-4-6-12(13)20-15(23)10-22(2)17(24)16-11(18)8-9-14(19)21-16/h4-9H,3,10H2,1-2H3. The third-order valence-electron chi connectivity index (χ3n) is 3.79. The van der Waals surface area contributed by atoms with Crippen LogP contribution in [-0.2, 0) is 13.1 Å². The van der Waals surface area contributed by atoms with Crippen LogP contribution in [0, 0.1) is 0 Å². The van der Waals surface area contributed by atoms with E-state index in [0.717, 1.165) is 23.4 Å².